The minimum Gasteiger partial charge on any atom is -0.312 e. The number of hydrogen-bond donors (Lipinski definition) is 1. The highest BCUT2D eigenvalue weighted by molar-refractivity contribution is 7.99. The molecule has 0 aromatic heterocycles. The van der Waals surface area contributed by atoms with Gasteiger partial charge in [0.25, 0.3) is 0 Å². The van der Waals surface area contributed by atoms with E-state index in [1.807, 2.05) is 0 Å². The second kappa shape index (κ2) is 9.16. The Morgan fingerprint density at radius 3 is 2.22 bits per heavy atom. The maximum absolute atomic E-state index is 12.5. The number of hydrogen-bond acceptors (Lipinski definition) is 4. The molecule has 3 nitrogen and oxygen atoms in total. The van der Waals surface area contributed by atoms with Crippen LogP contribution in [0, 0.1) is 0 Å². The first kappa shape index (κ1) is 22.5. The van der Waals surface area contributed by atoms with Crippen molar-refractivity contribution in [2.24, 2.45) is 0 Å². The Bertz CT molecular complexity index is 572. The smallest absolute Gasteiger partial charge is 0.312 e. The minimum absolute atomic E-state index is 0.0448. The van der Waals surface area contributed by atoms with Crippen molar-refractivity contribution in [3.05, 3.63) is 35.4 Å². The summed E-state index contributed by atoms with van der Waals surface area (Å²) in [6, 6.07) is 5.29. The lowest BCUT2D eigenvalue weighted by Crippen LogP contribution is -2.58. The zero-order valence-electron chi connectivity index (χ0n) is 16.7. The fourth-order valence-corrected chi connectivity index (χ4v) is 4.25. The molecule has 1 aromatic rings. The Labute approximate surface area is 165 Å². The lowest BCUT2D eigenvalue weighted by Gasteiger charge is -2.51. The Hall–Kier alpha value is -0.760. The molecule has 1 aliphatic heterocycles. The molecule has 7 heteroatoms. The molecule has 27 heavy (non-hydrogen) atoms. The molecule has 1 N–H and O–H groups in total. The number of nitrogens with zero attached hydrogens (tertiary/aromatic N) is 1. The molecular weight excluding hydrogens is 373 g/mol. The number of piperidine rings is 1. The number of benzene rings is 1. The van der Waals surface area contributed by atoms with Crippen molar-refractivity contribution in [2.75, 3.05) is 18.2 Å². The van der Waals surface area contributed by atoms with Gasteiger partial charge < -0.3 is 5.32 Å². The zero-order valence-corrected chi connectivity index (χ0v) is 17.5. The zero-order chi connectivity index (χ0) is 20.1. The van der Waals surface area contributed by atoms with Crippen LogP contribution < -0.4 is 5.32 Å². The van der Waals surface area contributed by atoms with Gasteiger partial charge in [-0.1, -0.05) is 12.1 Å². The van der Waals surface area contributed by atoms with E-state index in [1.54, 1.807) is 11.8 Å². The molecule has 2 rings (SSSR count). The third-order valence-electron chi connectivity index (χ3n) is 4.98. The van der Waals surface area contributed by atoms with E-state index in [-0.39, 0.29) is 11.1 Å². The average Bonchev–Trinajstić information content (AvgIpc) is 2.55. The van der Waals surface area contributed by atoms with E-state index in [0.717, 1.165) is 42.8 Å². The van der Waals surface area contributed by atoms with Gasteiger partial charge in [-0.05, 0) is 64.7 Å². The summed E-state index contributed by atoms with van der Waals surface area (Å²) >= 11 is 1.71. The molecule has 1 aliphatic rings. The molecule has 0 bridgehead atoms. The van der Waals surface area contributed by atoms with Gasteiger partial charge in [0.2, 0.25) is 0 Å². The third kappa shape index (κ3) is 6.66. The summed E-state index contributed by atoms with van der Waals surface area (Å²) in [5.41, 5.74) is 0.329. The van der Waals surface area contributed by atoms with Crippen molar-refractivity contribution < 1.29 is 18.0 Å². The molecule has 1 fully saturated rings. The lowest BCUT2D eigenvalue weighted by atomic mass is 9.82. The van der Waals surface area contributed by atoms with E-state index in [0.29, 0.717) is 12.5 Å². The fraction of sp³-hybridized carbons (Fsp3) is 0.700. The second-order valence-corrected chi connectivity index (χ2v) is 9.35. The molecule has 0 spiro atoms. The Morgan fingerprint density at radius 1 is 1.07 bits per heavy atom. The molecule has 0 saturated carbocycles. The van der Waals surface area contributed by atoms with Crippen molar-refractivity contribution >= 4 is 11.8 Å². The molecule has 0 radical (unpaired) electrons. The van der Waals surface area contributed by atoms with Crippen LogP contribution in [0.4, 0.5) is 13.2 Å². The molecule has 154 valence electrons. The number of hydroxylamine groups is 2. The van der Waals surface area contributed by atoms with E-state index in [1.165, 1.54) is 18.6 Å². The topological polar surface area (TPSA) is 24.5 Å². The fourth-order valence-electron chi connectivity index (χ4n) is 3.66. The number of rotatable bonds is 8. The lowest BCUT2D eigenvalue weighted by molar-refractivity contribution is -0.268. The highest BCUT2D eigenvalue weighted by Gasteiger charge is 2.42. The van der Waals surface area contributed by atoms with Gasteiger partial charge in [0.1, 0.15) is 5.94 Å². The number of halogens is 3. The summed E-state index contributed by atoms with van der Waals surface area (Å²) in [7, 11) is 0. The van der Waals surface area contributed by atoms with Gasteiger partial charge in [0, 0.05) is 29.9 Å². The van der Waals surface area contributed by atoms with E-state index in [4.69, 9.17) is 4.84 Å². The molecule has 0 atom stereocenters. The largest absolute Gasteiger partial charge is 0.416 e. The Morgan fingerprint density at radius 2 is 1.67 bits per heavy atom. The predicted octanol–water partition coefficient (Wildman–Crippen LogP) is 5.46. The normalized spacial score (nSPS) is 20.0. The summed E-state index contributed by atoms with van der Waals surface area (Å²) in [6.45, 7) is 10.2. The van der Waals surface area contributed by atoms with Crippen LogP contribution in [0.3, 0.4) is 0 Å². The highest BCUT2D eigenvalue weighted by atomic mass is 32.2. The van der Waals surface area contributed by atoms with E-state index in [9.17, 15) is 13.2 Å². The van der Waals surface area contributed by atoms with Gasteiger partial charge in [0.05, 0.1) is 5.56 Å². The summed E-state index contributed by atoms with van der Waals surface area (Å²) in [5, 5.41) is 5.42. The van der Waals surface area contributed by atoms with Crippen molar-refractivity contribution in [3.63, 3.8) is 0 Å². The molecule has 0 aliphatic carbocycles. The van der Waals surface area contributed by atoms with Crippen LogP contribution in [0.25, 0.3) is 0 Å². The standard InChI is InChI=1S/C20H31F3N2OS/c1-18(2)10-5-11-19(3,4)25(18)26-15-27-13-12-24-14-16-6-8-17(9-7-16)20(21,22)23/h6-9,24H,5,10-15H2,1-4H3. The van der Waals surface area contributed by atoms with Gasteiger partial charge in [-0.15, -0.1) is 11.8 Å². The second-order valence-electron chi connectivity index (χ2n) is 8.30. The van der Waals surface area contributed by atoms with Crippen molar-refractivity contribution in [2.45, 2.75) is 70.8 Å². The first-order chi connectivity index (χ1) is 12.5. The van der Waals surface area contributed by atoms with Crippen LogP contribution >= 0.6 is 11.8 Å². The van der Waals surface area contributed by atoms with E-state index in [2.05, 4.69) is 38.1 Å². The first-order valence-corrected chi connectivity index (χ1v) is 10.6. The minimum atomic E-state index is -4.28. The predicted molar refractivity (Wildman–Crippen MR) is 105 cm³/mol. The van der Waals surface area contributed by atoms with Crippen molar-refractivity contribution in [1.29, 1.82) is 0 Å². The van der Waals surface area contributed by atoms with Gasteiger partial charge >= 0.3 is 6.18 Å². The average molecular weight is 405 g/mol. The highest BCUT2D eigenvalue weighted by Crippen LogP contribution is 2.38. The first-order valence-electron chi connectivity index (χ1n) is 9.40. The van der Waals surface area contributed by atoms with Gasteiger partial charge in [-0.2, -0.15) is 18.2 Å². The molecule has 1 saturated heterocycles. The summed E-state index contributed by atoms with van der Waals surface area (Å²) < 4.78 is 37.6. The number of nitrogens with one attached hydrogen (secondary N) is 1. The van der Waals surface area contributed by atoms with Gasteiger partial charge in [0.15, 0.2) is 0 Å². The van der Waals surface area contributed by atoms with Crippen molar-refractivity contribution in [1.82, 2.24) is 10.4 Å². The SMILES string of the molecule is CC1(C)CCCC(C)(C)N1OCSCCNCc1ccc(C(F)(F)F)cc1. The van der Waals surface area contributed by atoms with Crippen LogP contribution in [0.1, 0.15) is 58.1 Å². The quantitative estimate of drug-likeness (QED) is 0.459. The maximum Gasteiger partial charge on any atom is 0.416 e. The monoisotopic (exact) mass is 404 g/mol. The van der Waals surface area contributed by atoms with Crippen LogP contribution in [-0.2, 0) is 17.6 Å². The van der Waals surface area contributed by atoms with Gasteiger partial charge in [-0.3, -0.25) is 4.84 Å². The summed E-state index contributed by atoms with van der Waals surface area (Å²) in [5.74, 6) is 1.49. The Balaban J connectivity index is 1.63. The molecule has 1 aromatic carbocycles. The molecular formula is C20H31F3N2OS. The van der Waals surface area contributed by atoms with E-state index < -0.39 is 11.7 Å². The van der Waals surface area contributed by atoms with Crippen molar-refractivity contribution in [3.8, 4) is 0 Å². The van der Waals surface area contributed by atoms with Crippen LogP contribution in [0.2, 0.25) is 0 Å². The number of thioether (sulfide) groups is 1. The maximum atomic E-state index is 12.5. The van der Waals surface area contributed by atoms with Crippen LogP contribution in [-0.4, -0.2) is 34.4 Å². The molecule has 1 heterocycles. The molecule has 0 unspecified atom stereocenters. The summed E-state index contributed by atoms with van der Waals surface area (Å²) in [4.78, 5) is 6.09. The Kier molecular flexibility index (Phi) is 7.64. The van der Waals surface area contributed by atoms with Gasteiger partial charge in [-0.25, -0.2) is 0 Å². The summed E-state index contributed by atoms with van der Waals surface area (Å²) in [6.07, 6.45) is -0.785. The van der Waals surface area contributed by atoms with Crippen LogP contribution in [0.5, 0.6) is 0 Å². The van der Waals surface area contributed by atoms with E-state index >= 15 is 0 Å². The third-order valence-corrected chi connectivity index (χ3v) is 5.74. The number of alkyl halides is 3. The molecule has 0 amide bonds. The van der Waals surface area contributed by atoms with Crippen LogP contribution in [0.15, 0.2) is 24.3 Å².